The van der Waals surface area contributed by atoms with Gasteiger partial charge in [0.1, 0.15) is 20.1 Å². The zero-order valence-electron chi connectivity index (χ0n) is 7.05. The Morgan fingerprint density at radius 3 is 2.29 bits per heavy atom. The van der Waals surface area contributed by atoms with Crippen LogP contribution in [0.1, 0.15) is 0 Å². The third kappa shape index (κ3) is 3.03. The van der Waals surface area contributed by atoms with Gasteiger partial charge in [0.15, 0.2) is 0 Å². The summed E-state index contributed by atoms with van der Waals surface area (Å²) in [4.78, 5) is 16.7. The van der Waals surface area contributed by atoms with Gasteiger partial charge in [0.05, 0.1) is 12.7 Å². The third-order valence-electron chi connectivity index (χ3n) is 1.81. The van der Waals surface area contributed by atoms with E-state index >= 15 is 0 Å². The van der Waals surface area contributed by atoms with Crippen LogP contribution in [0.3, 0.4) is 0 Å². The molecule has 4 N–H and O–H groups in total. The van der Waals surface area contributed by atoms with Crippen LogP contribution in [-0.2, 0) is 13.8 Å². The van der Waals surface area contributed by atoms with Crippen molar-refractivity contribution in [2.45, 2.75) is 24.3 Å². The standard InChI is InChI=1S/C5H10BO7P/c6-5-4(8)3(7)2(13-5)1-12-14(9,10)11/h2-5,7-8H,1H2,(H2,9,10,11)/t2-,3?,4?,5-/m1/s1. The average Bonchev–Trinajstić information content (AvgIpc) is 2.28. The van der Waals surface area contributed by atoms with Crippen LogP contribution in [0.2, 0.25) is 0 Å². The lowest BCUT2D eigenvalue weighted by Gasteiger charge is -2.14. The third-order valence-corrected chi connectivity index (χ3v) is 2.29. The van der Waals surface area contributed by atoms with Gasteiger partial charge in [-0.3, -0.25) is 4.52 Å². The highest BCUT2D eigenvalue weighted by Crippen LogP contribution is 2.36. The Morgan fingerprint density at radius 2 is 1.93 bits per heavy atom. The van der Waals surface area contributed by atoms with Crippen LogP contribution in [0, 0.1) is 0 Å². The first-order valence-electron chi connectivity index (χ1n) is 3.78. The molecule has 0 aromatic rings. The number of phosphoric acid groups is 1. The van der Waals surface area contributed by atoms with E-state index < -0.39 is 38.7 Å². The zero-order valence-corrected chi connectivity index (χ0v) is 7.95. The highest BCUT2D eigenvalue weighted by Gasteiger charge is 2.40. The summed E-state index contributed by atoms with van der Waals surface area (Å²) < 4.78 is 19.2. The molecule has 1 saturated heterocycles. The predicted octanol–water partition coefficient (Wildman–Crippen LogP) is -2.29. The summed E-state index contributed by atoms with van der Waals surface area (Å²) in [6.07, 6.45) is -3.62. The van der Waals surface area contributed by atoms with Gasteiger partial charge in [0, 0.05) is 6.00 Å². The molecule has 9 heteroatoms. The lowest BCUT2D eigenvalue weighted by molar-refractivity contribution is -0.00874. The van der Waals surface area contributed by atoms with E-state index in [1.165, 1.54) is 0 Å². The minimum absolute atomic E-state index is 0.532. The Kier molecular flexibility index (Phi) is 3.71. The van der Waals surface area contributed by atoms with Gasteiger partial charge in [0.2, 0.25) is 0 Å². The van der Waals surface area contributed by atoms with E-state index in [0.29, 0.717) is 0 Å². The maximum atomic E-state index is 10.3. The van der Waals surface area contributed by atoms with Crippen molar-refractivity contribution in [3.8, 4) is 0 Å². The van der Waals surface area contributed by atoms with Crippen LogP contribution in [0.4, 0.5) is 0 Å². The predicted molar refractivity (Wildman–Crippen MR) is 44.4 cm³/mol. The lowest BCUT2D eigenvalue weighted by atomic mass is 9.93. The summed E-state index contributed by atoms with van der Waals surface area (Å²) in [5, 5.41) is 18.4. The van der Waals surface area contributed by atoms with Crippen LogP contribution >= 0.6 is 7.82 Å². The zero-order chi connectivity index (χ0) is 10.9. The summed E-state index contributed by atoms with van der Waals surface area (Å²) >= 11 is 0. The van der Waals surface area contributed by atoms with Crippen molar-refractivity contribution in [2.24, 2.45) is 0 Å². The highest BCUT2D eigenvalue weighted by atomic mass is 31.2. The van der Waals surface area contributed by atoms with Gasteiger partial charge in [-0.2, -0.15) is 0 Å². The first kappa shape index (κ1) is 12.1. The monoisotopic (exact) mass is 224 g/mol. The highest BCUT2D eigenvalue weighted by molar-refractivity contribution is 7.46. The summed E-state index contributed by atoms with van der Waals surface area (Å²) in [7, 11) is 0.619. The molecular formula is C5H10BO7P. The molecule has 0 spiro atoms. The molecule has 0 aliphatic carbocycles. The Morgan fingerprint density at radius 1 is 1.36 bits per heavy atom. The number of hydrogen-bond donors (Lipinski definition) is 4. The van der Waals surface area contributed by atoms with Crippen molar-refractivity contribution in [3.63, 3.8) is 0 Å². The SMILES string of the molecule is [B][C@@H]1O[C@H](COP(=O)(O)O)C(O)C1O. The van der Waals surface area contributed by atoms with Crippen molar-refractivity contribution in [2.75, 3.05) is 6.61 Å². The second-order valence-corrected chi connectivity index (χ2v) is 4.15. The molecule has 1 heterocycles. The van der Waals surface area contributed by atoms with E-state index in [-0.39, 0.29) is 0 Å². The van der Waals surface area contributed by atoms with Gasteiger partial charge in [0.25, 0.3) is 0 Å². The molecule has 0 aromatic carbocycles. The molecule has 1 rings (SSSR count). The molecule has 14 heavy (non-hydrogen) atoms. The molecule has 2 unspecified atom stereocenters. The fraction of sp³-hybridized carbons (Fsp3) is 1.00. The molecule has 4 atom stereocenters. The van der Waals surface area contributed by atoms with E-state index in [1.807, 2.05) is 0 Å². The minimum atomic E-state index is -4.60. The number of hydrogen-bond acceptors (Lipinski definition) is 5. The van der Waals surface area contributed by atoms with Gasteiger partial charge in [-0.1, -0.05) is 0 Å². The second-order valence-electron chi connectivity index (χ2n) is 2.91. The molecule has 0 bridgehead atoms. The molecule has 7 nitrogen and oxygen atoms in total. The minimum Gasteiger partial charge on any atom is -0.388 e. The van der Waals surface area contributed by atoms with Gasteiger partial charge >= 0.3 is 7.82 Å². The van der Waals surface area contributed by atoms with Gasteiger partial charge in [-0.25, -0.2) is 4.57 Å². The van der Waals surface area contributed by atoms with Crippen LogP contribution < -0.4 is 0 Å². The quantitative estimate of drug-likeness (QED) is 0.315. The molecule has 1 fully saturated rings. The van der Waals surface area contributed by atoms with E-state index in [9.17, 15) is 9.67 Å². The summed E-state index contributed by atoms with van der Waals surface area (Å²) in [5.41, 5.74) is 0. The largest absolute Gasteiger partial charge is 0.469 e. The Bertz CT molecular complexity index is 242. The molecule has 1 aliphatic rings. The average molecular weight is 224 g/mol. The van der Waals surface area contributed by atoms with Gasteiger partial charge < -0.3 is 24.7 Å². The Labute approximate surface area is 81.3 Å². The summed E-state index contributed by atoms with van der Waals surface area (Å²) in [6, 6.07) is -1.07. The normalized spacial score (nSPS) is 38.9. The van der Waals surface area contributed by atoms with Crippen molar-refractivity contribution in [3.05, 3.63) is 0 Å². The number of phosphoric ester groups is 1. The first-order valence-corrected chi connectivity index (χ1v) is 5.31. The second kappa shape index (κ2) is 4.28. The van der Waals surface area contributed by atoms with Crippen molar-refractivity contribution >= 4 is 15.7 Å². The summed E-state index contributed by atoms with van der Waals surface area (Å²) in [6.45, 7) is -0.532. The van der Waals surface area contributed by atoms with E-state index in [4.69, 9.17) is 27.5 Å². The van der Waals surface area contributed by atoms with Crippen LogP contribution in [0.25, 0.3) is 0 Å². The molecule has 0 aromatic heterocycles. The van der Waals surface area contributed by atoms with Crippen molar-refractivity contribution in [1.29, 1.82) is 0 Å². The lowest BCUT2D eigenvalue weighted by Crippen LogP contribution is -2.34. The molecule has 1 aliphatic heterocycles. The number of rotatable bonds is 3. The number of aliphatic hydroxyl groups is 2. The molecule has 2 radical (unpaired) electrons. The Balaban J connectivity index is 2.44. The smallest absolute Gasteiger partial charge is 0.388 e. The van der Waals surface area contributed by atoms with Crippen LogP contribution in [0.15, 0.2) is 0 Å². The fourth-order valence-electron chi connectivity index (χ4n) is 1.09. The molecule has 80 valence electrons. The van der Waals surface area contributed by atoms with Crippen LogP contribution in [-0.4, -0.2) is 58.8 Å². The molecule has 0 amide bonds. The van der Waals surface area contributed by atoms with Gasteiger partial charge in [-0.15, -0.1) is 0 Å². The maximum absolute atomic E-state index is 10.3. The summed E-state index contributed by atoms with van der Waals surface area (Å²) in [5.74, 6) is 0. The topological polar surface area (TPSA) is 116 Å². The fourth-order valence-corrected chi connectivity index (χ4v) is 1.43. The van der Waals surface area contributed by atoms with E-state index in [2.05, 4.69) is 4.52 Å². The van der Waals surface area contributed by atoms with E-state index in [1.54, 1.807) is 0 Å². The van der Waals surface area contributed by atoms with Crippen molar-refractivity contribution in [1.82, 2.24) is 0 Å². The van der Waals surface area contributed by atoms with Crippen molar-refractivity contribution < 1.29 is 33.8 Å². The first-order chi connectivity index (χ1) is 6.31. The van der Waals surface area contributed by atoms with Crippen LogP contribution in [0.5, 0.6) is 0 Å². The molecule has 0 saturated carbocycles. The Hall–Kier alpha value is 0.0549. The molecular weight excluding hydrogens is 214 g/mol. The number of aliphatic hydroxyl groups excluding tert-OH is 2. The van der Waals surface area contributed by atoms with Gasteiger partial charge in [-0.05, 0) is 0 Å². The van der Waals surface area contributed by atoms with E-state index in [0.717, 1.165) is 0 Å². The maximum Gasteiger partial charge on any atom is 0.469 e. The number of ether oxygens (including phenoxy) is 1.